The van der Waals surface area contributed by atoms with E-state index in [1.165, 1.54) is 5.56 Å². The molecule has 1 atom stereocenters. The van der Waals surface area contributed by atoms with Crippen molar-refractivity contribution >= 4 is 14.9 Å². The van der Waals surface area contributed by atoms with Gasteiger partial charge in [-0.3, -0.25) is 0 Å². The van der Waals surface area contributed by atoms with Crippen molar-refractivity contribution in [1.82, 2.24) is 0 Å². The average Bonchev–Trinajstić information content (AvgIpc) is 2.46. The Hall–Kier alpha value is -0.943. The van der Waals surface area contributed by atoms with Crippen LogP contribution in [0.2, 0.25) is 5.54 Å². The molecule has 0 aliphatic carbocycles. The Morgan fingerprint density at radius 1 is 0.950 bits per heavy atom. The van der Waals surface area contributed by atoms with Gasteiger partial charge in [-0.2, -0.15) is 0 Å². The van der Waals surface area contributed by atoms with Crippen LogP contribution in [0.4, 0.5) is 0 Å². The van der Waals surface area contributed by atoms with Crippen molar-refractivity contribution in [2.75, 3.05) is 19.8 Å². The summed E-state index contributed by atoms with van der Waals surface area (Å²) in [6, 6.07) is 10.2. The first-order valence-electron chi connectivity index (χ1n) is 7.33. The first kappa shape index (κ1) is 17.1. The summed E-state index contributed by atoms with van der Waals surface area (Å²) in [6.07, 6.45) is 4.23. The molecular weight excluding hydrogens is 268 g/mol. The van der Waals surface area contributed by atoms with Gasteiger partial charge in [-0.1, -0.05) is 49.4 Å². The monoisotopic (exact) mass is 294 g/mol. The van der Waals surface area contributed by atoms with Gasteiger partial charge in [0.15, 0.2) is 0 Å². The Balaban J connectivity index is 2.85. The molecule has 1 rings (SSSR count). The summed E-state index contributed by atoms with van der Waals surface area (Å²) in [4.78, 5) is 0. The molecule has 0 bridgehead atoms. The van der Waals surface area contributed by atoms with E-state index >= 15 is 0 Å². The Morgan fingerprint density at radius 3 is 1.90 bits per heavy atom. The maximum atomic E-state index is 5.90. The molecule has 0 spiro atoms. The van der Waals surface area contributed by atoms with Crippen molar-refractivity contribution < 1.29 is 13.3 Å². The third kappa shape index (κ3) is 4.87. The number of hydrogen-bond acceptors (Lipinski definition) is 3. The molecule has 3 nitrogen and oxygen atoms in total. The summed E-state index contributed by atoms with van der Waals surface area (Å²) >= 11 is 0. The molecule has 0 saturated heterocycles. The molecule has 1 aromatic rings. The van der Waals surface area contributed by atoms with Gasteiger partial charge in [0.05, 0.1) is 0 Å². The van der Waals surface area contributed by atoms with Gasteiger partial charge in [-0.15, -0.1) is 0 Å². The molecule has 0 aliphatic rings. The molecule has 0 heterocycles. The predicted molar refractivity (Wildman–Crippen MR) is 85.5 cm³/mol. The first-order valence-corrected chi connectivity index (χ1v) is 9.13. The van der Waals surface area contributed by atoms with Crippen LogP contribution in [-0.4, -0.2) is 28.6 Å². The molecular formula is C16H26O3Si. The van der Waals surface area contributed by atoms with Gasteiger partial charge < -0.3 is 13.3 Å². The van der Waals surface area contributed by atoms with Crippen LogP contribution in [0.15, 0.2) is 36.4 Å². The van der Waals surface area contributed by atoms with E-state index in [1.807, 2.05) is 39.0 Å². The topological polar surface area (TPSA) is 27.7 Å². The molecule has 0 saturated carbocycles. The lowest BCUT2D eigenvalue weighted by molar-refractivity contribution is 0.0667. The van der Waals surface area contributed by atoms with Crippen LogP contribution in [0.25, 0.3) is 6.08 Å². The van der Waals surface area contributed by atoms with Gasteiger partial charge in [-0.25, -0.2) is 0 Å². The fraction of sp³-hybridized carbons (Fsp3) is 0.500. The molecule has 20 heavy (non-hydrogen) atoms. The largest absolute Gasteiger partial charge is 0.507 e. The van der Waals surface area contributed by atoms with E-state index < -0.39 is 8.80 Å². The zero-order valence-corrected chi connectivity index (χ0v) is 14.0. The molecule has 0 N–H and O–H groups in total. The van der Waals surface area contributed by atoms with Crippen LogP contribution >= 0.6 is 0 Å². The second-order valence-corrected chi connectivity index (χ2v) is 7.44. The summed E-state index contributed by atoms with van der Waals surface area (Å²) in [6.45, 7) is 9.86. The fourth-order valence-corrected chi connectivity index (χ4v) is 4.64. The fourth-order valence-electron chi connectivity index (χ4n) is 2.06. The Labute approximate surface area is 123 Å². The van der Waals surface area contributed by atoms with Gasteiger partial charge in [-0.05, 0) is 26.3 Å². The zero-order chi connectivity index (χ0) is 14.8. The second kappa shape index (κ2) is 9.08. The zero-order valence-electron chi connectivity index (χ0n) is 13.0. The molecule has 1 aromatic carbocycles. The minimum atomic E-state index is -2.64. The second-order valence-electron chi connectivity index (χ2n) is 4.46. The third-order valence-electron chi connectivity index (χ3n) is 2.97. The van der Waals surface area contributed by atoms with Gasteiger partial charge in [0.25, 0.3) is 0 Å². The van der Waals surface area contributed by atoms with Crippen LogP contribution in [0.1, 0.15) is 33.3 Å². The molecule has 0 amide bonds. The number of benzene rings is 1. The van der Waals surface area contributed by atoms with E-state index in [0.29, 0.717) is 19.8 Å². The lowest BCUT2D eigenvalue weighted by atomic mass is 10.2. The van der Waals surface area contributed by atoms with Crippen molar-refractivity contribution in [2.24, 2.45) is 0 Å². The van der Waals surface area contributed by atoms with Crippen molar-refractivity contribution in [3.63, 3.8) is 0 Å². The average molecular weight is 294 g/mol. The molecule has 4 heteroatoms. The van der Waals surface area contributed by atoms with Crippen LogP contribution in [0.3, 0.4) is 0 Å². The van der Waals surface area contributed by atoms with Crippen molar-refractivity contribution in [2.45, 2.75) is 33.2 Å². The number of hydrogen-bond donors (Lipinski definition) is 0. The minimum Gasteiger partial charge on any atom is -0.373 e. The maximum Gasteiger partial charge on any atom is 0.507 e. The maximum absolute atomic E-state index is 5.90. The van der Waals surface area contributed by atoms with Crippen LogP contribution in [0.5, 0.6) is 0 Å². The predicted octanol–water partition coefficient (Wildman–Crippen LogP) is 4.14. The normalized spacial score (nSPS) is 13.8. The third-order valence-corrected chi connectivity index (χ3v) is 6.35. The molecule has 0 fully saturated rings. The van der Waals surface area contributed by atoms with E-state index in [0.717, 1.165) is 0 Å². The highest BCUT2D eigenvalue weighted by Gasteiger charge is 2.45. The summed E-state index contributed by atoms with van der Waals surface area (Å²) in [5.74, 6) is 0. The van der Waals surface area contributed by atoms with Crippen molar-refractivity contribution in [3.8, 4) is 0 Å². The van der Waals surface area contributed by atoms with Crippen LogP contribution in [0, 0.1) is 0 Å². The van der Waals surface area contributed by atoms with Gasteiger partial charge in [0, 0.05) is 25.4 Å². The molecule has 0 aromatic heterocycles. The molecule has 1 unspecified atom stereocenters. The van der Waals surface area contributed by atoms with Crippen molar-refractivity contribution in [1.29, 1.82) is 0 Å². The van der Waals surface area contributed by atoms with E-state index in [2.05, 4.69) is 31.2 Å². The molecule has 112 valence electrons. The van der Waals surface area contributed by atoms with Gasteiger partial charge in [0.2, 0.25) is 0 Å². The smallest absolute Gasteiger partial charge is 0.373 e. The molecule has 0 aliphatic heterocycles. The summed E-state index contributed by atoms with van der Waals surface area (Å²) < 4.78 is 17.7. The Morgan fingerprint density at radius 2 is 1.45 bits per heavy atom. The van der Waals surface area contributed by atoms with Crippen LogP contribution in [-0.2, 0) is 13.3 Å². The van der Waals surface area contributed by atoms with Gasteiger partial charge >= 0.3 is 8.80 Å². The number of rotatable bonds is 9. The quantitative estimate of drug-likeness (QED) is 0.641. The van der Waals surface area contributed by atoms with Crippen molar-refractivity contribution in [3.05, 3.63) is 42.0 Å². The highest BCUT2D eigenvalue weighted by Crippen LogP contribution is 2.27. The summed E-state index contributed by atoms with van der Waals surface area (Å²) in [5, 5.41) is 0. The summed E-state index contributed by atoms with van der Waals surface area (Å²) in [7, 11) is -2.64. The Kier molecular flexibility index (Phi) is 7.77. The SMILES string of the molecule is CCO[Si](OCC)(OCC)C(C)C=Cc1ccccc1. The highest BCUT2D eigenvalue weighted by molar-refractivity contribution is 6.63. The first-order chi connectivity index (χ1) is 9.68. The minimum absolute atomic E-state index is 0.127. The highest BCUT2D eigenvalue weighted by atomic mass is 28.4. The molecule has 0 radical (unpaired) electrons. The standard InChI is InChI=1S/C16H26O3Si/c1-5-17-20(18-6-2,19-7-3)15(4)13-14-16-11-9-8-10-12-16/h8-15H,5-7H2,1-4H3. The number of allylic oxidation sites excluding steroid dienone is 1. The lowest BCUT2D eigenvalue weighted by Gasteiger charge is -2.32. The van der Waals surface area contributed by atoms with Gasteiger partial charge in [0.1, 0.15) is 0 Å². The van der Waals surface area contributed by atoms with E-state index in [4.69, 9.17) is 13.3 Å². The van der Waals surface area contributed by atoms with E-state index in [1.54, 1.807) is 0 Å². The van der Waals surface area contributed by atoms with Crippen LogP contribution < -0.4 is 0 Å². The van der Waals surface area contributed by atoms with E-state index in [9.17, 15) is 0 Å². The lowest BCUT2D eigenvalue weighted by Crippen LogP contribution is -2.49. The Bertz CT molecular complexity index is 375. The van der Waals surface area contributed by atoms with E-state index in [-0.39, 0.29) is 5.54 Å². The summed E-state index contributed by atoms with van der Waals surface area (Å²) in [5.41, 5.74) is 1.30.